The summed E-state index contributed by atoms with van der Waals surface area (Å²) in [5.74, 6) is 0. The van der Waals surface area contributed by atoms with Gasteiger partial charge < -0.3 is 15.8 Å². The average molecular weight is 275 g/mol. The topological polar surface area (TPSA) is 60.2 Å². The zero-order valence-electron chi connectivity index (χ0n) is 10.3. The smallest absolute Gasteiger partial charge is 0.396 e. The van der Waals surface area contributed by atoms with Crippen molar-refractivity contribution in [2.24, 2.45) is 0 Å². The zero-order valence-corrected chi connectivity index (χ0v) is 10.3. The van der Waals surface area contributed by atoms with E-state index in [1.165, 1.54) is 0 Å². The number of nitrogens with two attached hydrogens (primary N) is 1. The number of nitrogens with zero attached hydrogens (tertiary/aromatic N) is 1. The molecule has 1 aliphatic rings. The predicted octanol–water partition coefficient (Wildman–Crippen LogP) is 2.66. The van der Waals surface area contributed by atoms with E-state index in [2.05, 4.69) is 10.3 Å². The first-order valence-corrected chi connectivity index (χ1v) is 6.15. The van der Waals surface area contributed by atoms with Gasteiger partial charge in [0, 0.05) is 13.2 Å². The fraction of sp³-hybridized carbons (Fsp3) is 0.583. The van der Waals surface area contributed by atoms with Gasteiger partial charge in [0.25, 0.3) is 0 Å². The molecule has 0 saturated carbocycles. The molecule has 0 amide bonds. The number of anilines is 2. The van der Waals surface area contributed by atoms with Crippen molar-refractivity contribution in [2.75, 3.05) is 24.2 Å². The summed E-state index contributed by atoms with van der Waals surface area (Å²) in [6, 6.07) is 0.935. The Morgan fingerprint density at radius 3 is 2.89 bits per heavy atom. The van der Waals surface area contributed by atoms with E-state index >= 15 is 0 Å². The molecule has 0 aromatic carbocycles. The molecule has 1 fully saturated rings. The Morgan fingerprint density at radius 1 is 1.47 bits per heavy atom. The lowest BCUT2D eigenvalue weighted by Gasteiger charge is -2.14. The highest BCUT2D eigenvalue weighted by molar-refractivity contribution is 5.65. The third-order valence-corrected chi connectivity index (χ3v) is 3.03. The van der Waals surface area contributed by atoms with Gasteiger partial charge >= 0.3 is 6.18 Å². The molecule has 2 rings (SSSR count). The van der Waals surface area contributed by atoms with Crippen LogP contribution in [0, 0.1) is 0 Å². The molecular weight excluding hydrogens is 259 g/mol. The molecule has 1 unspecified atom stereocenters. The van der Waals surface area contributed by atoms with Crippen LogP contribution in [0.15, 0.2) is 12.3 Å². The third-order valence-electron chi connectivity index (χ3n) is 3.03. The van der Waals surface area contributed by atoms with Crippen LogP contribution in [0.5, 0.6) is 0 Å². The van der Waals surface area contributed by atoms with Gasteiger partial charge in [-0.2, -0.15) is 13.2 Å². The minimum absolute atomic E-state index is 0.192. The Balaban J connectivity index is 1.94. The highest BCUT2D eigenvalue weighted by atomic mass is 19.4. The number of hydrogen-bond donors (Lipinski definition) is 2. The molecule has 0 spiro atoms. The second-order valence-electron chi connectivity index (χ2n) is 4.51. The van der Waals surface area contributed by atoms with Crippen LogP contribution in [0.2, 0.25) is 0 Å². The van der Waals surface area contributed by atoms with Crippen molar-refractivity contribution in [3.05, 3.63) is 18.0 Å². The van der Waals surface area contributed by atoms with Gasteiger partial charge in [0.2, 0.25) is 0 Å². The second kappa shape index (κ2) is 5.64. The Labute approximate surface area is 109 Å². The van der Waals surface area contributed by atoms with E-state index in [0.29, 0.717) is 6.54 Å². The normalized spacial score (nSPS) is 19.6. The molecule has 2 heterocycles. The molecule has 1 aromatic rings. The van der Waals surface area contributed by atoms with E-state index in [1.807, 2.05) is 0 Å². The summed E-state index contributed by atoms with van der Waals surface area (Å²) >= 11 is 0. The first-order chi connectivity index (χ1) is 8.97. The average Bonchev–Trinajstić information content (AvgIpc) is 2.83. The van der Waals surface area contributed by atoms with Gasteiger partial charge in [-0.3, -0.25) is 0 Å². The van der Waals surface area contributed by atoms with E-state index in [4.69, 9.17) is 10.5 Å². The van der Waals surface area contributed by atoms with Crippen LogP contribution < -0.4 is 11.1 Å². The maximum absolute atomic E-state index is 12.5. The van der Waals surface area contributed by atoms with E-state index < -0.39 is 11.9 Å². The fourth-order valence-electron chi connectivity index (χ4n) is 2.01. The van der Waals surface area contributed by atoms with Crippen molar-refractivity contribution in [1.82, 2.24) is 4.98 Å². The molecule has 3 N–H and O–H groups in total. The molecule has 1 saturated heterocycles. The van der Waals surface area contributed by atoms with Crippen molar-refractivity contribution < 1.29 is 17.9 Å². The molecular formula is C12H16F3N3O. The number of alkyl halides is 3. The molecule has 106 valence electrons. The van der Waals surface area contributed by atoms with Crippen LogP contribution in [0.3, 0.4) is 0 Å². The SMILES string of the molecule is Nc1cnc(C(F)(F)F)cc1NCCC1CCCO1. The lowest BCUT2D eigenvalue weighted by atomic mass is 10.2. The van der Waals surface area contributed by atoms with Crippen molar-refractivity contribution in [1.29, 1.82) is 0 Å². The second-order valence-corrected chi connectivity index (χ2v) is 4.51. The summed E-state index contributed by atoms with van der Waals surface area (Å²) in [7, 11) is 0. The van der Waals surface area contributed by atoms with Gasteiger partial charge in [-0.15, -0.1) is 0 Å². The Morgan fingerprint density at radius 2 is 2.26 bits per heavy atom. The van der Waals surface area contributed by atoms with Gasteiger partial charge in [-0.1, -0.05) is 0 Å². The lowest BCUT2D eigenvalue weighted by Crippen LogP contribution is -2.15. The molecule has 0 bridgehead atoms. The molecule has 7 heteroatoms. The highest BCUT2D eigenvalue weighted by Gasteiger charge is 2.32. The number of aromatic nitrogens is 1. The molecule has 4 nitrogen and oxygen atoms in total. The third kappa shape index (κ3) is 3.73. The molecule has 0 aliphatic carbocycles. The van der Waals surface area contributed by atoms with Crippen molar-refractivity contribution in [3.8, 4) is 0 Å². The number of halogens is 3. The van der Waals surface area contributed by atoms with Crippen molar-refractivity contribution in [3.63, 3.8) is 0 Å². The first-order valence-electron chi connectivity index (χ1n) is 6.15. The maximum Gasteiger partial charge on any atom is 0.433 e. The van der Waals surface area contributed by atoms with E-state index in [0.717, 1.165) is 38.1 Å². The summed E-state index contributed by atoms with van der Waals surface area (Å²) in [5.41, 5.74) is 5.13. The van der Waals surface area contributed by atoms with Gasteiger partial charge in [-0.25, -0.2) is 4.98 Å². The highest BCUT2D eigenvalue weighted by Crippen LogP contribution is 2.31. The minimum Gasteiger partial charge on any atom is -0.396 e. The Bertz CT molecular complexity index is 431. The number of nitrogen functional groups attached to an aromatic ring is 1. The summed E-state index contributed by atoms with van der Waals surface area (Å²) in [5, 5.41) is 2.91. The minimum atomic E-state index is -4.46. The molecule has 1 aliphatic heterocycles. The molecule has 1 aromatic heterocycles. The fourth-order valence-corrected chi connectivity index (χ4v) is 2.01. The van der Waals surface area contributed by atoms with Crippen LogP contribution in [-0.4, -0.2) is 24.2 Å². The Kier molecular flexibility index (Phi) is 4.14. The quantitative estimate of drug-likeness (QED) is 0.887. The lowest BCUT2D eigenvalue weighted by molar-refractivity contribution is -0.141. The summed E-state index contributed by atoms with van der Waals surface area (Å²) in [6.07, 6.45) is -0.446. The molecule has 1 atom stereocenters. The van der Waals surface area contributed by atoms with Crippen molar-refractivity contribution >= 4 is 11.4 Å². The number of nitrogens with one attached hydrogen (secondary N) is 1. The van der Waals surface area contributed by atoms with Gasteiger partial charge in [-0.05, 0) is 25.3 Å². The monoisotopic (exact) mass is 275 g/mol. The molecule has 19 heavy (non-hydrogen) atoms. The summed E-state index contributed by atoms with van der Waals surface area (Å²) < 4.78 is 43.0. The number of ether oxygens (including phenoxy) is 1. The largest absolute Gasteiger partial charge is 0.433 e. The van der Waals surface area contributed by atoms with E-state index in [-0.39, 0.29) is 17.5 Å². The zero-order chi connectivity index (χ0) is 13.9. The van der Waals surface area contributed by atoms with Crippen LogP contribution in [0.25, 0.3) is 0 Å². The van der Waals surface area contributed by atoms with Gasteiger partial charge in [0.15, 0.2) is 0 Å². The summed E-state index contributed by atoms with van der Waals surface area (Å²) in [6.45, 7) is 1.29. The number of hydrogen-bond acceptors (Lipinski definition) is 4. The van der Waals surface area contributed by atoms with E-state index in [9.17, 15) is 13.2 Å². The standard InChI is InChI=1S/C12H16F3N3O/c13-12(14,15)11-6-10(9(16)7-18-11)17-4-3-8-2-1-5-19-8/h6-8H,1-5,16H2,(H,17,18). The van der Waals surface area contributed by atoms with E-state index in [1.54, 1.807) is 0 Å². The van der Waals surface area contributed by atoms with Crippen LogP contribution in [0.1, 0.15) is 25.0 Å². The van der Waals surface area contributed by atoms with Crippen LogP contribution in [0.4, 0.5) is 24.5 Å². The predicted molar refractivity (Wildman–Crippen MR) is 65.7 cm³/mol. The van der Waals surface area contributed by atoms with Crippen LogP contribution in [-0.2, 0) is 10.9 Å². The van der Waals surface area contributed by atoms with Crippen LogP contribution >= 0.6 is 0 Å². The number of rotatable bonds is 4. The maximum atomic E-state index is 12.5. The molecule has 0 radical (unpaired) electrons. The van der Waals surface area contributed by atoms with Crippen molar-refractivity contribution in [2.45, 2.75) is 31.5 Å². The number of pyridine rings is 1. The van der Waals surface area contributed by atoms with Gasteiger partial charge in [0.05, 0.1) is 23.7 Å². The Hall–Kier alpha value is -1.50. The van der Waals surface area contributed by atoms with Gasteiger partial charge in [0.1, 0.15) is 5.69 Å². The first kappa shape index (κ1) is 13.9. The summed E-state index contributed by atoms with van der Waals surface area (Å²) in [4.78, 5) is 3.28.